The van der Waals surface area contributed by atoms with Crippen LogP contribution in [0.1, 0.15) is 43.4 Å². The summed E-state index contributed by atoms with van der Waals surface area (Å²) >= 11 is 0. The number of fused-ring (bicyclic) bond motifs is 1. The Morgan fingerprint density at radius 3 is 2.47 bits per heavy atom. The molecule has 3 aromatic rings. The predicted molar refractivity (Wildman–Crippen MR) is 135 cm³/mol. The van der Waals surface area contributed by atoms with E-state index in [2.05, 4.69) is 39.1 Å². The molecule has 6 heteroatoms. The number of hydrogen-bond acceptors (Lipinski definition) is 5. The molecule has 0 radical (unpaired) electrons. The van der Waals surface area contributed by atoms with Gasteiger partial charge in [-0.1, -0.05) is 31.4 Å². The van der Waals surface area contributed by atoms with E-state index in [0.717, 1.165) is 60.5 Å². The van der Waals surface area contributed by atoms with Crippen molar-refractivity contribution in [3.63, 3.8) is 0 Å². The lowest BCUT2D eigenvalue weighted by molar-refractivity contribution is -0.122. The molecule has 0 saturated carbocycles. The fraction of sp³-hybridized carbons (Fsp3) is 0.393. The fourth-order valence-corrected chi connectivity index (χ4v) is 4.59. The van der Waals surface area contributed by atoms with Gasteiger partial charge in [0.15, 0.2) is 0 Å². The van der Waals surface area contributed by atoms with E-state index in [9.17, 15) is 4.79 Å². The molecule has 1 aliphatic rings. The number of hydrogen-bond donors (Lipinski definition) is 0. The first-order valence-electron chi connectivity index (χ1n) is 12.2. The summed E-state index contributed by atoms with van der Waals surface area (Å²) in [5, 5.41) is 0. The lowest BCUT2D eigenvalue weighted by Gasteiger charge is -2.29. The quantitative estimate of drug-likeness (QED) is 0.533. The van der Waals surface area contributed by atoms with Crippen molar-refractivity contribution < 1.29 is 9.53 Å². The van der Waals surface area contributed by atoms with Crippen LogP contribution in [0.2, 0.25) is 0 Å². The molecule has 2 aromatic heterocycles. The number of ether oxygens (including phenoxy) is 1. The van der Waals surface area contributed by atoms with Gasteiger partial charge in [0.05, 0.1) is 5.69 Å². The number of nitrogens with zero attached hydrogens (tertiary/aromatic N) is 4. The topological polar surface area (TPSA) is 58.6 Å². The molecule has 1 aliphatic heterocycles. The highest BCUT2D eigenvalue weighted by molar-refractivity contribution is 5.95. The van der Waals surface area contributed by atoms with Gasteiger partial charge in [0.25, 0.3) is 5.91 Å². The maximum absolute atomic E-state index is 13.1. The van der Waals surface area contributed by atoms with Gasteiger partial charge in [-0.2, -0.15) is 0 Å². The van der Waals surface area contributed by atoms with E-state index in [0.29, 0.717) is 6.54 Å². The molecule has 0 spiro atoms. The van der Waals surface area contributed by atoms with E-state index >= 15 is 0 Å². The van der Waals surface area contributed by atoms with Crippen LogP contribution in [0.25, 0.3) is 11.1 Å². The third kappa shape index (κ3) is 6.49. The number of benzene rings is 1. The van der Waals surface area contributed by atoms with Crippen LogP contribution in [-0.4, -0.2) is 47.6 Å². The van der Waals surface area contributed by atoms with Gasteiger partial charge < -0.3 is 9.64 Å². The number of carbonyl (C=O) groups excluding carboxylic acids is 1. The molecule has 0 fully saturated rings. The number of carbonyl (C=O) groups is 1. The molecule has 0 unspecified atom stereocenters. The Labute approximate surface area is 202 Å². The van der Waals surface area contributed by atoms with Crippen molar-refractivity contribution in [3.8, 4) is 11.1 Å². The Hall–Kier alpha value is -3.09. The largest absolute Gasteiger partial charge is 0.375 e. The number of pyridine rings is 2. The molecule has 0 aliphatic carbocycles. The highest BCUT2D eigenvalue weighted by atomic mass is 16.5. The first kappa shape index (κ1) is 24.0. The van der Waals surface area contributed by atoms with Crippen LogP contribution < -0.4 is 4.90 Å². The smallest absolute Gasteiger partial charge is 0.252 e. The fourth-order valence-electron chi connectivity index (χ4n) is 4.59. The van der Waals surface area contributed by atoms with Crippen LogP contribution in [0.15, 0.2) is 67.1 Å². The average Bonchev–Trinajstić information content (AvgIpc) is 2.86. The van der Waals surface area contributed by atoms with Crippen LogP contribution in [0.3, 0.4) is 0 Å². The molecular weight excluding hydrogens is 424 g/mol. The summed E-state index contributed by atoms with van der Waals surface area (Å²) in [5.74, 6) is 0.00810. The average molecular weight is 459 g/mol. The molecule has 0 saturated heterocycles. The molecule has 1 aromatic carbocycles. The summed E-state index contributed by atoms with van der Waals surface area (Å²) in [4.78, 5) is 26.2. The van der Waals surface area contributed by atoms with Gasteiger partial charge in [-0.25, -0.2) is 0 Å². The third-order valence-electron chi connectivity index (χ3n) is 6.31. The summed E-state index contributed by atoms with van der Waals surface area (Å²) < 4.78 is 5.22. The second kappa shape index (κ2) is 12.4. The Morgan fingerprint density at radius 1 is 0.912 bits per heavy atom. The van der Waals surface area contributed by atoms with Gasteiger partial charge in [-0.15, -0.1) is 0 Å². The van der Waals surface area contributed by atoms with Crippen molar-refractivity contribution in [1.29, 1.82) is 0 Å². The molecular formula is C28H34N4O2. The van der Waals surface area contributed by atoms with E-state index in [1.165, 1.54) is 19.3 Å². The zero-order valence-electron chi connectivity index (χ0n) is 20.0. The normalized spacial score (nSPS) is 15.7. The number of amides is 1. The van der Waals surface area contributed by atoms with Gasteiger partial charge in [-0.3, -0.25) is 19.7 Å². The Kier molecular flexibility index (Phi) is 8.77. The van der Waals surface area contributed by atoms with Crippen molar-refractivity contribution in [2.24, 2.45) is 0 Å². The molecule has 34 heavy (non-hydrogen) atoms. The summed E-state index contributed by atoms with van der Waals surface area (Å²) in [6.45, 7) is 3.34. The molecule has 0 atom stereocenters. The van der Waals surface area contributed by atoms with E-state index in [1.807, 2.05) is 47.8 Å². The van der Waals surface area contributed by atoms with Crippen molar-refractivity contribution in [1.82, 2.24) is 14.9 Å². The molecule has 1 amide bonds. The molecule has 178 valence electrons. The third-order valence-corrected chi connectivity index (χ3v) is 6.31. The van der Waals surface area contributed by atoms with E-state index in [-0.39, 0.29) is 12.5 Å². The van der Waals surface area contributed by atoms with Gasteiger partial charge in [-0.05, 0) is 72.5 Å². The zero-order valence-corrected chi connectivity index (χ0v) is 20.0. The van der Waals surface area contributed by atoms with Gasteiger partial charge >= 0.3 is 0 Å². The minimum absolute atomic E-state index is 0.00810. The number of aromatic nitrogens is 2. The van der Waals surface area contributed by atoms with Crippen molar-refractivity contribution >= 4 is 11.6 Å². The number of rotatable bonds is 5. The number of anilines is 1. The molecule has 0 N–H and O–H groups in total. The molecule has 3 heterocycles. The van der Waals surface area contributed by atoms with Crippen molar-refractivity contribution in [2.45, 2.75) is 45.2 Å². The van der Waals surface area contributed by atoms with Crippen LogP contribution >= 0.6 is 0 Å². The van der Waals surface area contributed by atoms with Gasteiger partial charge in [0.2, 0.25) is 0 Å². The minimum atomic E-state index is 0.00810. The maximum atomic E-state index is 13.1. The summed E-state index contributed by atoms with van der Waals surface area (Å²) in [5.41, 5.74) is 5.44. The van der Waals surface area contributed by atoms with Crippen LogP contribution in [0, 0.1) is 0 Å². The highest BCUT2D eigenvalue weighted by Crippen LogP contribution is 2.30. The highest BCUT2D eigenvalue weighted by Gasteiger charge is 2.21. The molecule has 6 nitrogen and oxygen atoms in total. The number of methoxy groups -OCH3 is 1. The Morgan fingerprint density at radius 2 is 1.71 bits per heavy atom. The van der Waals surface area contributed by atoms with Crippen LogP contribution in [0.5, 0.6) is 0 Å². The van der Waals surface area contributed by atoms with Crippen molar-refractivity contribution in [3.05, 3.63) is 78.4 Å². The monoisotopic (exact) mass is 458 g/mol. The second-order valence-corrected chi connectivity index (χ2v) is 8.86. The predicted octanol–water partition coefficient (Wildman–Crippen LogP) is 5.09. The maximum Gasteiger partial charge on any atom is 0.252 e. The van der Waals surface area contributed by atoms with Crippen LogP contribution in [0.4, 0.5) is 5.69 Å². The standard InChI is InChI=1S/C28H34N4O2/c1-34-22-28(33)32-18-8-4-2-3-7-17-31(21-26-9-5-6-14-30-26)20-25-19-24(10-11-27(25)32)23-12-15-29-16-13-23/h5-6,9-16,19H,2-4,7-8,17-18,20-22H2,1H3. The van der Waals surface area contributed by atoms with Crippen LogP contribution in [-0.2, 0) is 22.6 Å². The Bertz CT molecular complexity index is 1040. The lowest BCUT2D eigenvalue weighted by Crippen LogP contribution is -2.36. The Balaban J connectivity index is 1.73. The van der Waals surface area contributed by atoms with E-state index in [1.54, 1.807) is 7.11 Å². The van der Waals surface area contributed by atoms with Crippen molar-refractivity contribution in [2.75, 3.05) is 31.7 Å². The first-order valence-corrected chi connectivity index (χ1v) is 12.2. The zero-order chi connectivity index (χ0) is 23.6. The first-order chi connectivity index (χ1) is 16.7. The van der Waals surface area contributed by atoms with Gasteiger partial charge in [0, 0.05) is 51.0 Å². The SMILES string of the molecule is COCC(=O)N1CCCCCCCN(Cc2ccccn2)Cc2cc(-c3ccncc3)ccc21. The van der Waals surface area contributed by atoms with E-state index in [4.69, 9.17) is 4.74 Å². The lowest BCUT2D eigenvalue weighted by atomic mass is 10.0. The summed E-state index contributed by atoms with van der Waals surface area (Å²) in [6, 6.07) is 16.6. The second-order valence-electron chi connectivity index (χ2n) is 8.86. The van der Waals surface area contributed by atoms with E-state index < -0.39 is 0 Å². The summed E-state index contributed by atoms with van der Waals surface area (Å²) in [7, 11) is 1.58. The molecule has 0 bridgehead atoms. The van der Waals surface area contributed by atoms with Gasteiger partial charge in [0.1, 0.15) is 6.61 Å². The molecule has 4 rings (SSSR count). The summed E-state index contributed by atoms with van der Waals surface area (Å²) in [6.07, 6.45) is 11.2. The minimum Gasteiger partial charge on any atom is -0.375 e.